The number of esters is 1. The Morgan fingerprint density at radius 3 is 2.39 bits per heavy atom. The van der Waals surface area contributed by atoms with Crippen LogP contribution in [0.4, 0.5) is 0 Å². The smallest absolute Gasteiger partial charge is 0.306 e. The van der Waals surface area contributed by atoms with Gasteiger partial charge in [0, 0.05) is 31.1 Å². The first-order chi connectivity index (χ1) is 10.7. The Morgan fingerprint density at radius 2 is 1.83 bits per heavy atom. The zero-order valence-electron chi connectivity index (χ0n) is 14.1. The molecule has 0 unspecified atom stereocenters. The molecule has 1 amide bonds. The van der Waals surface area contributed by atoms with E-state index in [0.717, 1.165) is 5.56 Å². The number of likely N-dealkylation sites (N-methyl/N-ethyl adjacent to an activating group) is 1. The van der Waals surface area contributed by atoms with E-state index < -0.39 is 5.60 Å². The lowest BCUT2D eigenvalue weighted by Crippen LogP contribution is -2.27. The molecule has 0 aliphatic carbocycles. The number of benzene rings is 1. The number of carbonyl (C=O) groups excluding carboxylic acids is 2. The summed E-state index contributed by atoms with van der Waals surface area (Å²) in [6.45, 7) is 6.01. The maximum absolute atomic E-state index is 12.0. The molecule has 0 bridgehead atoms. The van der Waals surface area contributed by atoms with Crippen LogP contribution in [0.1, 0.15) is 39.2 Å². The molecule has 0 heterocycles. The number of nitrogens with zero attached hydrogens (tertiary/aromatic N) is 1. The quantitative estimate of drug-likeness (QED) is 0.583. The van der Waals surface area contributed by atoms with Crippen molar-refractivity contribution in [2.75, 3.05) is 13.6 Å². The molecule has 1 rings (SSSR count). The van der Waals surface area contributed by atoms with Crippen molar-refractivity contribution >= 4 is 29.6 Å². The Labute approximate surface area is 143 Å². The topological polar surface area (TPSA) is 46.6 Å². The van der Waals surface area contributed by atoms with Crippen LogP contribution in [0.3, 0.4) is 0 Å². The van der Waals surface area contributed by atoms with Crippen LogP contribution in [0.25, 0.3) is 6.08 Å². The largest absolute Gasteiger partial charge is 0.460 e. The van der Waals surface area contributed by atoms with Crippen molar-refractivity contribution in [2.24, 2.45) is 0 Å². The monoisotopic (exact) mass is 337 g/mol. The minimum Gasteiger partial charge on any atom is -0.460 e. The van der Waals surface area contributed by atoms with Crippen molar-refractivity contribution in [1.29, 1.82) is 0 Å². The second kappa shape index (κ2) is 8.73. The van der Waals surface area contributed by atoms with Gasteiger partial charge in [-0.25, -0.2) is 0 Å². The van der Waals surface area contributed by atoms with E-state index in [1.807, 2.05) is 32.9 Å². The Balaban J connectivity index is 2.36. The maximum atomic E-state index is 12.0. The molecule has 0 radical (unpaired) electrons. The molecule has 5 heteroatoms. The number of halogens is 1. The second-order valence-electron chi connectivity index (χ2n) is 6.33. The number of rotatable bonds is 6. The fraction of sp³-hybridized carbons (Fsp3) is 0.444. The van der Waals surface area contributed by atoms with Crippen LogP contribution >= 0.6 is 11.6 Å². The molecule has 0 spiro atoms. The minimum atomic E-state index is -0.472. The summed E-state index contributed by atoms with van der Waals surface area (Å²) in [5.41, 5.74) is 0.435. The van der Waals surface area contributed by atoms with Gasteiger partial charge >= 0.3 is 5.97 Å². The van der Waals surface area contributed by atoms with Crippen LogP contribution in [0.15, 0.2) is 30.3 Å². The van der Waals surface area contributed by atoms with Gasteiger partial charge in [-0.3, -0.25) is 9.59 Å². The molecule has 0 aliphatic heterocycles. The lowest BCUT2D eigenvalue weighted by molar-refractivity contribution is -0.155. The number of ether oxygens (including phenoxy) is 1. The van der Waals surface area contributed by atoms with E-state index in [4.69, 9.17) is 16.3 Å². The summed E-state index contributed by atoms with van der Waals surface area (Å²) in [4.78, 5) is 25.2. The third kappa shape index (κ3) is 8.41. The number of carbonyl (C=O) groups is 2. The fourth-order valence-electron chi connectivity index (χ4n) is 1.83. The van der Waals surface area contributed by atoms with Gasteiger partial charge in [-0.1, -0.05) is 23.7 Å². The summed E-state index contributed by atoms with van der Waals surface area (Å²) in [6, 6.07) is 7.23. The van der Waals surface area contributed by atoms with Gasteiger partial charge in [0.25, 0.3) is 0 Å². The van der Waals surface area contributed by atoms with Gasteiger partial charge in [0.2, 0.25) is 5.91 Å². The average Bonchev–Trinajstić information content (AvgIpc) is 2.44. The number of amides is 1. The molecular weight excluding hydrogens is 314 g/mol. The van der Waals surface area contributed by atoms with Gasteiger partial charge in [-0.15, -0.1) is 0 Å². The van der Waals surface area contributed by atoms with E-state index in [9.17, 15) is 9.59 Å². The SMILES string of the molecule is CN(CCCC(=O)OC(C)(C)C)C(=O)/C=C\c1ccc(Cl)cc1. The molecular formula is C18H24ClNO3. The first-order valence-corrected chi connectivity index (χ1v) is 7.96. The molecule has 0 N–H and O–H groups in total. The predicted molar refractivity (Wildman–Crippen MR) is 93.2 cm³/mol. The van der Waals surface area contributed by atoms with Gasteiger partial charge in [0.15, 0.2) is 0 Å². The van der Waals surface area contributed by atoms with Crippen LogP contribution in [0.2, 0.25) is 5.02 Å². The number of hydrogen-bond donors (Lipinski definition) is 0. The van der Waals surface area contributed by atoms with Gasteiger partial charge in [-0.2, -0.15) is 0 Å². The summed E-state index contributed by atoms with van der Waals surface area (Å²) >= 11 is 5.81. The molecule has 0 aliphatic rings. The predicted octanol–water partition coefficient (Wildman–Crippen LogP) is 3.93. The third-order valence-corrected chi connectivity index (χ3v) is 3.21. The second-order valence-corrected chi connectivity index (χ2v) is 6.77. The number of hydrogen-bond acceptors (Lipinski definition) is 3. The first-order valence-electron chi connectivity index (χ1n) is 7.58. The van der Waals surface area contributed by atoms with Crippen molar-refractivity contribution in [2.45, 2.75) is 39.2 Å². The Morgan fingerprint density at radius 1 is 1.22 bits per heavy atom. The van der Waals surface area contributed by atoms with Crippen LogP contribution in [-0.4, -0.2) is 36.0 Å². The molecule has 126 valence electrons. The minimum absolute atomic E-state index is 0.107. The van der Waals surface area contributed by atoms with Crippen molar-refractivity contribution in [1.82, 2.24) is 4.90 Å². The fourth-order valence-corrected chi connectivity index (χ4v) is 1.96. The lowest BCUT2D eigenvalue weighted by atomic mass is 10.2. The molecule has 0 aromatic heterocycles. The summed E-state index contributed by atoms with van der Waals surface area (Å²) in [7, 11) is 1.71. The summed E-state index contributed by atoms with van der Waals surface area (Å²) in [6.07, 6.45) is 4.13. The van der Waals surface area contributed by atoms with Gasteiger partial charge in [0.05, 0.1) is 0 Å². The zero-order valence-corrected chi connectivity index (χ0v) is 14.9. The molecule has 4 nitrogen and oxygen atoms in total. The summed E-state index contributed by atoms with van der Waals surface area (Å²) in [5, 5.41) is 0.660. The van der Waals surface area contributed by atoms with E-state index in [2.05, 4.69) is 0 Å². The van der Waals surface area contributed by atoms with Crippen LogP contribution in [0.5, 0.6) is 0 Å². The molecule has 0 saturated carbocycles. The van der Waals surface area contributed by atoms with Gasteiger partial charge < -0.3 is 9.64 Å². The Kier molecular flexibility index (Phi) is 7.30. The highest BCUT2D eigenvalue weighted by atomic mass is 35.5. The van der Waals surface area contributed by atoms with E-state index in [1.54, 1.807) is 30.2 Å². The van der Waals surface area contributed by atoms with E-state index in [0.29, 0.717) is 24.4 Å². The van der Waals surface area contributed by atoms with Crippen molar-refractivity contribution < 1.29 is 14.3 Å². The normalized spacial score (nSPS) is 11.5. The van der Waals surface area contributed by atoms with Crippen molar-refractivity contribution in [3.8, 4) is 0 Å². The van der Waals surface area contributed by atoms with Crippen LogP contribution in [0, 0.1) is 0 Å². The van der Waals surface area contributed by atoms with Gasteiger partial charge in [-0.05, 0) is 51.0 Å². The van der Waals surface area contributed by atoms with Crippen molar-refractivity contribution in [3.05, 3.63) is 40.9 Å². The molecule has 1 aromatic carbocycles. The zero-order chi connectivity index (χ0) is 17.5. The Hall–Kier alpha value is -1.81. The average molecular weight is 338 g/mol. The first kappa shape index (κ1) is 19.2. The van der Waals surface area contributed by atoms with E-state index in [-0.39, 0.29) is 11.9 Å². The summed E-state index contributed by atoms with van der Waals surface area (Å²) in [5.74, 6) is -0.348. The highest BCUT2D eigenvalue weighted by Gasteiger charge is 2.16. The standard InChI is InChI=1S/C18H24ClNO3/c1-18(2,3)23-17(22)6-5-13-20(4)16(21)12-9-14-7-10-15(19)11-8-14/h7-12H,5-6,13H2,1-4H3/b12-9-. The molecule has 0 saturated heterocycles. The lowest BCUT2D eigenvalue weighted by Gasteiger charge is -2.20. The highest BCUT2D eigenvalue weighted by Crippen LogP contribution is 2.11. The van der Waals surface area contributed by atoms with Gasteiger partial charge in [0.1, 0.15) is 5.60 Å². The molecule has 0 atom stereocenters. The third-order valence-electron chi connectivity index (χ3n) is 2.96. The molecule has 23 heavy (non-hydrogen) atoms. The molecule has 0 fully saturated rings. The maximum Gasteiger partial charge on any atom is 0.306 e. The van der Waals surface area contributed by atoms with Crippen molar-refractivity contribution in [3.63, 3.8) is 0 Å². The Bertz CT molecular complexity index is 559. The van der Waals surface area contributed by atoms with E-state index in [1.165, 1.54) is 6.08 Å². The summed E-state index contributed by atoms with van der Waals surface area (Å²) < 4.78 is 5.23. The highest BCUT2D eigenvalue weighted by molar-refractivity contribution is 6.30. The van der Waals surface area contributed by atoms with Crippen LogP contribution in [-0.2, 0) is 14.3 Å². The van der Waals surface area contributed by atoms with E-state index >= 15 is 0 Å². The molecule has 1 aromatic rings. The van der Waals surface area contributed by atoms with Crippen LogP contribution < -0.4 is 0 Å².